The molecule has 0 unspecified atom stereocenters. The Kier molecular flexibility index (Phi) is 4.90. The fraction of sp³-hybridized carbons (Fsp3) is 0.462. The second kappa shape index (κ2) is 6.66. The first kappa shape index (κ1) is 13.2. The fourth-order valence-electron chi connectivity index (χ4n) is 1.77. The van der Waals surface area contributed by atoms with Gasteiger partial charge in [0, 0.05) is 30.2 Å². The van der Waals surface area contributed by atoms with Crippen LogP contribution in [0, 0.1) is 0 Å². The largest absolute Gasteiger partial charge is 0.508 e. The van der Waals surface area contributed by atoms with Gasteiger partial charge in [0.25, 0.3) is 0 Å². The summed E-state index contributed by atoms with van der Waals surface area (Å²) in [5.74, 6) is 1.23. The lowest BCUT2D eigenvalue weighted by Gasteiger charge is -2.26. The maximum atomic E-state index is 11.9. The molecule has 0 saturated carbocycles. The van der Waals surface area contributed by atoms with E-state index in [0.29, 0.717) is 32.7 Å². The van der Waals surface area contributed by atoms with E-state index >= 15 is 0 Å². The lowest BCUT2D eigenvalue weighted by Crippen LogP contribution is -2.40. The van der Waals surface area contributed by atoms with Gasteiger partial charge in [-0.05, 0) is 24.3 Å². The van der Waals surface area contributed by atoms with Gasteiger partial charge in [0.15, 0.2) is 0 Å². The van der Waals surface area contributed by atoms with Crippen molar-refractivity contribution in [2.45, 2.75) is 11.3 Å². The summed E-state index contributed by atoms with van der Waals surface area (Å²) in [5.41, 5.74) is 0. The van der Waals surface area contributed by atoms with Gasteiger partial charge < -0.3 is 14.7 Å². The Morgan fingerprint density at radius 1 is 1.28 bits per heavy atom. The number of amides is 1. The smallest absolute Gasteiger partial charge is 0.223 e. The van der Waals surface area contributed by atoms with Crippen LogP contribution in [0.3, 0.4) is 0 Å². The third-order valence-electron chi connectivity index (χ3n) is 2.79. The van der Waals surface area contributed by atoms with Gasteiger partial charge in [-0.1, -0.05) is 0 Å². The van der Waals surface area contributed by atoms with E-state index < -0.39 is 0 Å². The van der Waals surface area contributed by atoms with Gasteiger partial charge in [-0.15, -0.1) is 11.8 Å². The van der Waals surface area contributed by atoms with Crippen LogP contribution < -0.4 is 0 Å². The quantitative estimate of drug-likeness (QED) is 0.844. The molecule has 5 heteroatoms. The zero-order chi connectivity index (χ0) is 12.8. The van der Waals surface area contributed by atoms with Crippen LogP contribution >= 0.6 is 11.8 Å². The highest BCUT2D eigenvalue weighted by atomic mass is 32.2. The van der Waals surface area contributed by atoms with Crippen molar-refractivity contribution in [1.29, 1.82) is 0 Å². The van der Waals surface area contributed by atoms with Crippen molar-refractivity contribution >= 4 is 17.7 Å². The first-order chi connectivity index (χ1) is 8.75. The molecule has 1 aliphatic heterocycles. The van der Waals surface area contributed by atoms with E-state index in [0.717, 1.165) is 10.6 Å². The van der Waals surface area contributed by atoms with Crippen molar-refractivity contribution in [2.75, 3.05) is 32.1 Å². The lowest BCUT2D eigenvalue weighted by atomic mass is 10.3. The molecule has 0 bridgehead atoms. The third kappa shape index (κ3) is 3.92. The summed E-state index contributed by atoms with van der Waals surface area (Å²) in [7, 11) is 0. The van der Waals surface area contributed by atoms with E-state index in [4.69, 9.17) is 9.84 Å². The molecule has 0 aliphatic carbocycles. The van der Waals surface area contributed by atoms with Gasteiger partial charge in [-0.3, -0.25) is 4.79 Å². The first-order valence-electron chi connectivity index (χ1n) is 6.03. The summed E-state index contributed by atoms with van der Waals surface area (Å²) in [6.07, 6.45) is 0.547. The van der Waals surface area contributed by atoms with Gasteiger partial charge >= 0.3 is 0 Å². The Hall–Kier alpha value is -1.20. The molecule has 0 spiro atoms. The van der Waals surface area contributed by atoms with Crippen LogP contribution in [0.25, 0.3) is 0 Å². The monoisotopic (exact) mass is 267 g/mol. The zero-order valence-corrected chi connectivity index (χ0v) is 11.0. The second-order valence-electron chi connectivity index (χ2n) is 4.09. The molecule has 1 aromatic rings. The van der Waals surface area contributed by atoms with Crippen molar-refractivity contribution in [1.82, 2.24) is 4.90 Å². The number of benzene rings is 1. The van der Waals surface area contributed by atoms with Gasteiger partial charge in [-0.25, -0.2) is 0 Å². The van der Waals surface area contributed by atoms with Gasteiger partial charge in [0.2, 0.25) is 5.91 Å². The molecule has 2 rings (SSSR count). The SMILES string of the molecule is O=C(CCSc1ccc(O)cc1)N1CCOCC1. The maximum absolute atomic E-state index is 11.9. The highest BCUT2D eigenvalue weighted by Crippen LogP contribution is 2.21. The fourth-order valence-corrected chi connectivity index (χ4v) is 2.61. The highest BCUT2D eigenvalue weighted by molar-refractivity contribution is 7.99. The topological polar surface area (TPSA) is 49.8 Å². The Balaban J connectivity index is 1.71. The minimum absolute atomic E-state index is 0.199. The first-order valence-corrected chi connectivity index (χ1v) is 7.01. The molecule has 1 aromatic carbocycles. The van der Waals surface area contributed by atoms with Crippen molar-refractivity contribution in [3.63, 3.8) is 0 Å². The molecule has 1 aliphatic rings. The number of ether oxygens (including phenoxy) is 1. The molecule has 1 heterocycles. The minimum Gasteiger partial charge on any atom is -0.508 e. The summed E-state index contributed by atoms with van der Waals surface area (Å²) in [6, 6.07) is 7.04. The predicted octanol–water partition coefficient (Wildman–Crippen LogP) is 1.73. The lowest BCUT2D eigenvalue weighted by molar-refractivity contribution is -0.134. The van der Waals surface area contributed by atoms with Crippen molar-refractivity contribution in [3.05, 3.63) is 24.3 Å². The number of nitrogens with zero attached hydrogens (tertiary/aromatic N) is 1. The molecular weight excluding hydrogens is 250 g/mol. The van der Waals surface area contributed by atoms with Crippen LogP contribution in [0.1, 0.15) is 6.42 Å². The highest BCUT2D eigenvalue weighted by Gasteiger charge is 2.16. The molecule has 4 nitrogen and oxygen atoms in total. The number of phenolic OH excluding ortho intramolecular Hbond substituents is 1. The van der Waals surface area contributed by atoms with Crippen LogP contribution in [0.5, 0.6) is 5.75 Å². The Bertz CT molecular complexity index is 388. The number of hydrogen-bond donors (Lipinski definition) is 1. The standard InChI is InChI=1S/C13H17NO3S/c15-11-1-3-12(4-2-11)18-10-5-13(16)14-6-8-17-9-7-14/h1-4,15H,5-10H2. The van der Waals surface area contributed by atoms with Gasteiger partial charge in [0.1, 0.15) is 5.75 Å². The summed E-state index contributed by atoms with van der Waals surface area (Å²) in [4.78, 5) is 14.8. The van der Waals surface area contributed by atoms with E-state index in [2.05, 4.69) is 0 Å². The normalized spacial score (nSPS) is 15.7. The van der Waals surface area contributed by atoms with E-state index in [1.807, 2.05) is 17.0 Å². The summed E-state index contributed by atoms with van der Waals surface area (Å²) in [6.45, 7) is 2.72. The van der Waals surface area contributed by atoms with Crippen LogP contribution in [0.4, 0.5) is 0 Å². The van der Waals surface area contributed by atoms with Crippen molar-refractivity contribution in [2.24, 2.45) is 0 Å². The second-order valence-corrected chi connectivity index (χ2v) is 5.25. The number of rotatable bonds is 4. The summed E-state index contributed by atoms with van der Waals surface area (Å²) >= 11 is 1.63. The van der Waals surface area contributed by atoms with Crippen molar-refractivity contribution in [3.8, 4) is 5.75 Å². The number of aromatic hydroxyl groups is 1. The van der Waals surface area contributed by atoms with E-state index in [1.165, 1.54) is 0 Å². The van der Waals surface area contributed by atoms with Crippen LogP contribution in [0.2, 0.25) is 0 Å². The number of morpholine rings is 1. The molecule has 1 amide bonds. The molecule has 98 valence electrons. The van der Waals surface area contributed by atoms with E-state index in [-0.39, 0.29) is 11.7 Å². The average Bonchev–Trinajstić information content (AvgIpc) is 2.42. The van der Waals surface area contributed by atoms with Crippen LogP contribution in [-0.2, 0) is 9.53 Å². The van der Waals surface area contributed by atoms with E-state index in [1.54, 1.807) is 23.9 Å². The number of carbonyl (C=O) groups is 1. The third-order valence-corrected chi connectivity index (χ3v) is 3.80. The molecule has 1 N–H and O–H groups in total. The predicted molar refractivity (Wildman–Crippen MR) is 70.8 cm³/mol. The van der Waals surface area contributed by atoms with E-state index in [9.17, 15) is 4.79 Å². The Morgan fingerprint density at radius 3 is 2.61 bits per heavy atom. The summed E-state index contributed by atoms with van der Waals surface area (Å²) in [5, 5.41) is 9.16. The molecule has 0 atom stereocenters. The number of phenols is 1. The minimum atomic E-state index is 0.199. The molecule has 1 saturated heterocycles. The number of carbonyl (C=O) groups excluding carboxylic acids is 1. The average molecular weight is 267 g/mol. The number of thioether (sulfide) groups is 1. The van der Waals surface area contributed by atoms with Gasteiger partial charge in [-0.2, -0.15) is 0 Å². The van der Waals surface area contributed by atoms with Crippen LogP contribution in [0.15, 0.2) is 29.2 Å². The van der Waals surface area contributed by atoms with Crippen LogP contribution in [-0.4, -0.2) is 48.0 Å². The molecule has 0 radical (unpaired) electrons. The Labute approximate surface area is 111 Å². The maximum Gasteiger partial charge on any atom is 0.223 e. The molecular formula is C13H17NO3S. The molecule has 1 fully saturated rings. The van der Waals surface area contributed by atoms with Gasteiger partial charge in [0.05, 0.1) is 13.2 Å². The zero-order valence-electron chi connectivity index (χ0n) is 10.2. The number of hydrogen-bond acceptors (Lipinski definition) is 4. The molecule has 18 heavy (non-hydrogen) atoms. The van der Waals surface area contributed by atoms with Crippen molar-refractivity contribution < 1.29 is 14.6 Å². The molecule has 0 aromatic heterocycles. The Morgan fingerprint density at radius 2 is 1.94 bits per heavy atom. The summed E-state index contributed by atoms with van der Waals surface area (Å²) < 4.78 is 5.21.